The van der Waals surface area contributed by atoms with E-state index in [1.807, 2.05) is 30.3 Å². The number of carbonyl (C=O) groups excluding carboxylic acids is 2. The smallest absolute Gasteiger partial charge is 0.238 e. The minimum Gasteiger partial charge on any atom is -0.372 e. The number of piperidine rings is 2. The first-order chi connectivity index (χ1) is 15.6. The quantitative estimate of drug-likeness (QED) is 0.730. The average molecular weight is 436 g/mol. The van der Waals surface area contributed by atoms with Gasteiger partial charge in [0.05, 0.1) is 12.2 Å². The summed E-state index contributed by atoms with van der Waals surface area (Å²) in [5, 5.41) is 5.82. The number of likely N-dealkylation sites (tertiary alicyclic amines) is 1. The van der Waals surface area contributed by atoms with Crippen LogP contribution in [0, 0.1) is 0 Å². The molecular formula is C25H33N5O2. The summed E-state index contributed by atoms with van der Waals surface area (Å²) >= 11 is 0. The molecule has 3 heterocycles. The number of likely N-dealkylation sites (N-methyl/N-ethyl adjacent to an activating group) is 1. The molecule has 2 amide bonds. The number of carbonyl (C=O) groups is 2. The predicted octanol–water partition coefficient (Wildman–Crippen LogP) is 2.79. The number of nitrogens with one attached hydrogen (secondary N) is 2. The van der Waals surface area contributed by atoms with Gasteiger partial charge in [-0.1, -0.05) is 6.07 Å². The van der Waals surface area contributed by atoms with Crippen LogP contribution in [-0.4, -0.2) is 61.5 Å². The number of amides is 2. The lowest BCUT2D eigenvalue weighted by atomic mass is 9.75. The number of benzene rings is 1. The van der Waals surface area contributed by atoms with Crippen LogP contribution in [0.1, 0.15) is 37.8 Å². The van der Waals surface area contributed by atoms with Gasteiger partial charge in [-0.15, -0.1) is 0 Å². The number of nitrogens with zero attached hydrogens (tertiary/aromatic N) is 3. The van der Waals surface area contributed by atoms with Crippen LogP contribution in [-0.2, 0) is 15.0 Å². The van der Waals surface area contributed by atoms with Crippen LogP contribution < -0.4 is 15.5 Å². The van der Waals surface area contributed by atoms with Gasteiger partial charge in [0.15, 0.2) is 0 Å². The van der Waals surface area contributed by atoms with E-state index in [1.54, 1.807) is 13.2 Å². The van der Waals surface area contributed by atoms with Gasteiger partial charge in [-0.05, 0) is 75.0 Å². The highest BCUT2D eigenvalue weighted by molar-refractivity contribution is 5.93. The van der Waals surface area contributed by atoms with Gasteiger partial charge < -0.3 is 15.5 Å². The minimum absolute atomic E-state index is 0.0467. The monoisotopic (exact) mass is 435 g/mol. The molecule has 1 aromatic carbocycles. The molecule has 32 heavy (non-hydrogen) atoms. The Morgan fingerprint density at radius 3 is 2.47 bits per heavy atom. The minimum atomic E-state index is -0.732. The van der Waals surface area contributed by atoms with Crippen LogP contribution in [0.15, 0.2) is 48.7 Å². The van der Waals surface area contributed by atoms with Crippen molar-refractivity contribution < 1.29 is 9.59 Å². The number of anilines is 2. The van der Waals surface area contributed by atoms with Crippen molar-refractivity contribution in [2.24, 2.45) is 0 Å². The van der Waals surface area contributed by atoms with Gasteiger partial charge in [-0.3, -0.25) is 19.5 Å². The molecule has 2 aliphatic rings. The predicted molar refractivity (Wildman–Crippen MR) is 127 cm³/mol. The molecule has 4 rings (SSSR count). The molecule has 0 spiro atoms. The van der Waals surface area contributed by atoms with Crippen molar-refractivity contribution in [3.8, 4) is 0 Å². The zero-order valence-corrected chi connectivity index (χ0v) is 18.8. The summed E-state index contributed by atoms with van der Waals surface area (Å²) in [4.78, 5) is 34.6. The average Bonchev–Trinajstić information content (AvgIpc) is 2.85. The number of rotatable bonds is 6. The third-order valence-electron chi connectivity index (χ3n) is 6.63. The van der Waals surface area contributed by atoms with E-state index < -0.39 is 5.41 Å². The van der Waals surface area contributed by atoms with E-state index in [9.17, 15) is 9.59 Å². The Morgan fingerprint density at radius 1 is 1.00 bits per heavy atom. The maximum absolute atomic E-state index is 12.9. The molecule has 0 saturated carbocycles. The van der Waals surface area contributed by atoms with E-state index in [2.05, 4.69) is 37.6 Å². The molecule has 2 fully saturated rings. The maximum atomic E-state index is 12.9. The first-order valence-electron chi connectivity index (χ1n) is 11.6. The molecule has 1 aromatic heterocycles. The fraction of sp³-hybridized carbons (Fsp3) is 0.480. The fourth-order valence-electron chi connectivity index (χ4n) is 4.99. The summed E-state index contributed by atoms with van der Waals surface area (Å²) in [6.45, 7) is 3.71. The molecule has 0 bridgehead atoms. The summed E-state index contributed by atoms with van der Waals surface area (Å²) in [5.41, 5.74) is 2.04. The number of hydrogen-bond donors (Lipinski definition) is 2. The van der Waals surface area contributed by atoms with Gasteiger partial charge in [-0.25, -0.2) is 0 Å². The van der Waals surface area contributed by atoms with Crippen molar-refractivity contribution in [2.45, 2.75) is 37.5 Å². The van der Waals surface area contributed by atoms with Gasteiger partial charge in [-0.2, -0.15) is 0 Å². The molecule has 7 heteroatoms. The molecule has 2 aromatic rings. The Bertz CT molecular complexity index is 912. The lowest BCUT2D eigenvalue weighted by Gasteiger charge is -2.40. The molecular weight excluding hydrogens is 402 g/mol. The van der Waals surface area contributed by atoms with E-state index >= 15 is 0 Å². The van der Waals surface area contributed by atoms with Gasteiger partial charge in [0.2, 0.25) is 11.8 Å². The third-order valence-corrected chi connectivity index (χ3v) is 6.63. The van der Waals surface area contributed by atoms with E-state index in [1.165, 1.54) is 24.9 Å². The summed E-state index contributed by atoms with van der Waals surface area (Å²) in [7, 11) is 1.66. The summed E-state index contributed by atoms with van der Waals surface area (Å²) in [5.74, 6) is -0.112. The van der Waals surface area contributed by atoms with Gasteiger partial charge >= 0.3 is 0 Å². The molecule has 2 N–H and O–H groups in total. The van der Waals surface area contributed by atoms with Crippen molar-refractivity contribution in [2.75, 3.05) is 50.0 Å². The summed E-state index contributed by atoms with van der Waals surface area (Å²) in [6, 6.07) is 13.8. The lowest BCUT2D eigenvalue weighted by Crippen LogP contribution is -2.55. The van der Waals surface area contributed by atoms with Gasteiger partial charge in [0.25, 0.3) is 0 Å². The van der Waals surface area contributed by atoms with E-state index in [4.69, 9.17) is 0 Å². The molecule has 2 saturated heterocycles. The van der Waals surface area contributed by atoms with Crippen LogP contribution in [0.3, 0.4) is 0 Å². The Hall–Kier alpha value is -2.93. The molecule has 0 unspecified atom stereocenters. The van der Waals surface area contributed by atoms with Crippen molar-refractivity contribution in [3.63, 3.8) is 0 Å². The second-order valence-corrected chi connectivity index (χ2v) is 8.83. The maximum Gasteiger partial charge on any atom is 0.238 e. The molecule has 1 atom stereocenters. The highest BCUT2D eigenvalue weighted by Gasteiger charge is 2.44. The highest BCUT2D eigenvalue weighted by atomic mass is 16.2. The fourth-order valence-corrected chi connectivity index (χ4v) is 4.99. The first-order valence-corrected chi connectivity index (χ1v) is 11.6. The molecule has 170 valence electrons. The topological polar surface area (TPSA) is 77.6 Å². The molecule has 0 aliphatic carbocycles. The second-order valence-electron chi connectivity index (χ2n) is 8.83. The SMILES string of the molecule is CNC(=O)[C@]1(c2ccccn2)CCCN(CC(=O)Nc2ccc(N3CCCCC3)cc2)C1. The van der Waals surface area contributed by atoms with Crippen LogP contribution in [0.5, 0.6) is 0 Å². The Balaban J connectivity index is 1.39. The summed E-state index contributed by atoms with van der Waals surface area (Å²) in [6.07, 6.45) is 7.07. The lowest BCUT2D eigenvalue weighted by molar-refractivity contribution is -0.130. The van der Waals surface area contributed by atoms with E-state index in [0.717, 1.165) is 43.9 Å². The van der Waals surface area contributed by atoms with Crippen LogP contribution in [0.2, 0.25) is 0 Å². The van der Waals surface area contributed by atoms with E-state index in [0.29, 0.717) is 6.54 Å². The van der Waals surface area contributed by atoms with Crippen LogP contribution >= 0.6 is 0 Å². The molecule has 0 radical (unpaired) electrons. The van der Waals surface area contributed by atoms with Crippen molar-refractivity contribution in [3.05, 3.63) is 54.4 Å². The van der Waals surface area contributed by atoms with E-state index in [-0.39, 0.29) is 18.4 Å². The van der Waals surface area contributed by atoms with Crippen molar-refractivity contribution in [1.82, 2.24) is 15.2 Å². The second kappa shape index (κ2) is 10.1. The zero-order chi connectivity index (χ0) is 22.4. The molecule has 2 aliphatic heterocycles. The molecule has 7 nitrogen and oxygen atoms in total. The largest absolute Gasteiger partial charge is 0.372 e. The normalized spacial score (nSPS) is 21.7. The Kier molecular flexibility index (Phi) is 7.05. The third kappa shape index (κ3) is 4.93. The summed E-state index contributed by atoms with van der Waals surface area (Å²) < 4.78 is 0. The zero-order valence-electron chi connectivity index (χ0n) is 18.8. The van der Waals surface area contributed by atoms with Crippen LogP contribution in [0.4, 0.5) is 11.4 Å². The number of hydrogen-bond acceptors (Lipinski definition) is 5. The number of aromatic nitrogens is 1. The van der Waals surface area contributed by atoms with Gasteiger partial charge in [0, 0.05) is 44.3 Å². The standard InChI is InChI=1S/C25H33N5O2/c1-26-24(32)25(22-8-3-4-14-27-22)13-7-15-29(19-25)18-23(31)28-20-9-11-21(12-10-20)30-16-5-2-6-17-30/h3-4,8-12,14H,2,5-7,13,15-19H2,1H3,(H,26,32)(H,28,31)/t25-/m1/s1. The van der Waals surface area contributed by atoms with Gasteiger partial charge in [0.1, 0.15) is 5.41 Å². The number of pyridine rings is 1. The van der Waals surface area contributed by atoms with Crippen molar-refractivity contribution in [1.29, 1.82) is 0 Å². The van der Waals surface area contributed by atoms with Crippen molar-refractivity contribution >= 4 is 23.2 Å². The Morgan fingerprint density at radius 2 is 1.78 bits per heavy atom. The highest BCUT2D eigenvalue weighted by Crippen LogP contribution is 2.33. The first kappa shape index (κ1) is 22.3. The van der Waals surface area contributed by atoms with Crippen LogP contribution in [0.25, 0.3) is 0 Å². The Labute approximate surface area is 190 Å².